The molecule has 1 nitrogen and oxygen atoms in total. The van der Waals surface area contributed by atoms with E-state index in [2.05, 4.69) is 0 Å². The van der Waals surface area contributed by atoms with Crippen LogP contribution in [0.2, 0.25) is 0 Å². The summed E-state index contributed by atoms with van der Waals surface area (Å²) in [5.41, 5.74) is 0. The van der Waals surface area contributed by atoms with Crippen molar-refractivity contribution in [3.63, 3.8) is 0 Å². The molecule has 1 atom stereocenters. The van der Waals surface area contributed by atoms with Crippen molar-refractivity contribution in [2.75, 3.05) is 0 Å². The van der Waals surface area contributed by atoms with Gasteiger partial charge in [-0.2, -0.15) is 0 Å². The minimum atomic E-state index is -0.328. The molecule has 0 bridgehead atoms. The van der Waals surface area contributed by atoms with Gasteiger partial charge in [0.1, 0.15) is 0 Å². The van der Waals surface area contributed by atoms with Gasteiger partial charge < -0.3 is 5.11 Å². The summed E-state index contributed by atoms with van der Waals surface area (Å²) in [6.45, 7) is 3.66. The molecule has 8 heavy (non-hydrogen) atoms. The van der Waals surface area contributed by atoms with Gasteiger partial charge in [-0.05, 0) is 13.8 Å². The fraction of sp³-hybridized carbons (Fsp3) is 0.429. The van der Waals surface area contributed by atoms with Crippen LogP contribution in [0.25, 0.3) is 0 Å². The Morgan fingerprint density at radius 3 is 2.38 bits per heavy atom. The Morgan fingerprint density at radius 1 is 1.38 bits per heavy atom. The highest BCUT2D eigenvalue weighted by molar-refractivity contribution is 5.02. The molecule has 0 aliphatic carbocycles. The molecule has 0 aliphatic heterocycles. The highest BCUT2D eigenvalue weighted by Crippen LogP contribution is 1.82. The van der Waals surface area contributed by atoms with E-state index in [4.69, 9.17) is 5.11 Å². The zero-order chi connectivity index (χ0) is 6.41. The van der Waals surface area contributed by atoms with E-state index in [-0.39, 0.29) is 6.10 Å². The van der Waals surface area contributed by atoms with Crippen LogP contribution in [-0.4, -0.2) is 11.2 Å². The minimum absolute atomic E-state index is 0.328. The van der Waals surface area contributed by atoms with E-state index in [0.717, 1.165) is 0 Å². The largest absolute Gasteiger partial charge is 0.389 e. The average Bonchev–Trinajstić information content (AvgIpc) is 1.66. The average molecular weight is 112 g/mol. The van der Waals surface area contributed by atoms with E-state index in [9.17, 15) is 0 Å². The topological polar surface area (TPSA) is 20.2 Å². The van der Waals surface area contributed by atoms with Crippen molar-refractivity contribution in [3.05, 3.63) is 24.3 Å². The van der Waals surface area contributed by atoms with Crippen LogP contribution in [0, 0.1) is 0 Å². The zero-order valence-corrected chi connectivity index (χ0v) is 5.33. The predicted molar refractivity (Wildman–Crippen MR) is 35.6 cm³/mol. The maximum absolute atomic E-state index is 8.66. The lowest BCUT2D eigenvalue weighted by molar-refractivity contribution is 0.244. The van der Waals surface area contributed by atoms with Crippen molar-refractivity contribution in [1.82, 2.24) is 0 Å². The normalized spacial score (nSPS) is 15.9. The summed E-state index contributed by atoms with van der Waals surface area (Å²) in [5, 5.41) is 8.66. The maximum atomic E-state index is 8.66. The number of aliphatic hydroxyl groups excluding tert-OH is 1. The Labute approximate surface area is 50.3 Å². The molecule has 46 valence electrons. The third-order valence-electron chi connectivity index (χ3n) is 0.693. The Hall–Kier alpha value is -0.560. The Bertz CT molecular complexity index is 90.6. The molecule has 1 unspecified atom stereocenters. The van der Waals surface area contributed by atoms with Gasteiger partial charge in [0.2, 0.25) is 0 Å². The van der Waals surface area contributed by atoms with Gasteiger partial charge in [-0.1, -0.05) is 24.3 Å². The zero-order valence-electron chi connectivity index (χ0n) is 5.33. The van der Waals surface area contributed by atoms with E-state index in [1.807, 2.05) is 25.2 Å². The Kier molecular flexibility index (Phi) is 4.27. The number of rotatable bonds is 2. The van der Waals surface area contributed by atoms with Crippen molar-refractivity contribution in [2.45, 2.75) is 20.0 Å². The molecule has 0 spiro atoms. The van der Waals surface area contributed by atoms with Gasteiger partial charge >= 0.3 is 0 Å². The van der Waals surface area contributed by atoms with Gasteiger partial charge in [0.25, 0.3) is 0 Å². The fourth-order valence-electron chi connectivity index (χ4n) is 0.336. The van der Waals surface area contributed by atoms with Crippen molar-refractivity contribution in [2.24, 2.45) is 0 Å². The van der Waals surface area contributed by atoms with Crippen LogP contribution in [-0.2, 0) is 0 Å². The van der Waals surface area contributed by atoms with Gasteiger partial charge in [0.15, 0.2) is 0 Å². The molecule has 1 N–H and O–H groups in total. The Balaban J connectivity index is 3.34. The van der Waals surface area contributed by atoms with Crippen molar-refractivity contribution in [3.8, 4) is 0 Å². The number of aliphatic hydroxyl groups is 1. The van der Waals surface area contributed by atoms with Gasteiger partial charge in [-0.3, -0.25) is 0 Å². The molecule has 0 aliphatic rings. The van der Waals surface area contributed by atoms with Crippen molar-refractivity contribution in [1.29, 1.82) is 0 Å². The standard InChI is InChI=1S/C7H12O/c1-3-4-5-6-7(2)8/h3-8H,1-2H3/b4-3+,6-5-. The molecule has 0 aromatic heterocycles. The number of hydrogen-bond donors (Lipinski definition) is 1. The summed E-state index contributed by atoms with van der Waals surface area (Å²) in [4.78, 5) is 0. The van der Waals surface area contributed by atoms with Crippen LogP contribution < -0.4 is 0 Å². The number of allylic oxidation sites excluding steroid dienone is 3. The first-order chi connectivity index (χ1) is 3.77. The molecule has 0 heterocycles. The van der Waals surface area contributed by atoms with E-state index < -0.39 is 0 Å². The van der Waals surface area contributed by atoms with Crippen LogP contribution in [0.5, 0.6) is 0 Å². The quantitative estimate of drug-likeness (QED) is 0.537. The van der Waals surface area contributed by atoms with Crippen molar-refractivity contribution < 1.29 is 5.11 Å². The van der Waals surface area contributed by atoms with Crippen LogP contribution in [0.3, 0.4) is 0 Å². The van der Waals surface area contributed by atoms with E-state index in [1.54, 1.807) is 13.0 Å². The molecule has 0 saturated carbocycles. The molecule has 1 heteroatoms. The molecular formula is C7H12O. The first-order valence-electron chi connectivity index (χ1n) is 2.75. The van der Waals surface area contributed by atoms with Crippen molar-refractivity contribution >= 4 is 0 Å². The molecule has 0 aromatic carbocycles. The van der Waals surface area contributed by atoms with E-state index in [1.165, 1.54) is 0 Å². The summed E-state index contributed by atoms with van der Waals surface area (Å²) in [5.74, 6) is 0. The second kappa shape index (κ2) is 4.60. The van der Waals surface area contributed by atoms with Gasteiger partial charge in [0.05, 0.1) is 6.10 Å². The summed E-state index contributed by atoms with van der Waals surface area (Å²) >= 11 is 0. The molecule has 0 saturated heterocycles. The molecule has 0 amide bonds. The van der Waals surface area contributed by atoms with Crippen LogP contribution >= 0.6 is 0 Å². The fourth-order valence-corrected chi connectivity index (χ4v) is 0.336. The third kappa shape index (κ3) is 5.44. The van der Waals surface area contributed by atoms with Gasteiger partial charge in [-0.25, -0.2) is 0 Å². The lowest BCUT2D eigenvalue weighted by Crippen LogP contribution is -1.90. The highest BCUT2D eigenvalue weighted by Gasteiger charge is 1.79. The lowest BCUT2D eigenvalue weighted by Gasteiger charge is -1.88. The minimum Gasteiger partial charge on any atom is -0.389 e. The second-order valence-corrected chi connectivity index (χ2v) is 1.65. The summed E-state index contributed by atoms with van der Waals surface area (Å²) in [6, 6.07) is 0. The van der Waals surface area contributed by atoms with Crippen LogP contribution in [0.15, 0.2) is 24.3 Å². The summed E-state index contributed by atoms with van der Waals surface area (Å²) < 4.78 is 0. The first kappa shape index (κ1) is 7.44. The lowest BCUT2D eigenvalue weighted by atomic mass is 10.3. The van der Waals surface area contributed by atoms with Gasteiger partial charge in [-0.15, -0.1) is 0 Å². The van der Waals surface area contributed by atoms with E-state index in [0.29, 0.717) is 0 Å². The smallest absolute Gasteiger partial charge is 0.0695 e. The molecule has 0 radical (unpaired) electrons. The Morgan fingerprint density at radius 2 is 2.00 bits per heavy atom. The summed E-state index contributed by atoms with van der Waals surface area (Å²) in [6.07, 6.45) is 7.02. The molecule has 0 fully saturated rings. The summed E-state index contributed by atoms with van der Waals surface area (Å²) in [7, 11) is 0. The van der Waals surface area contributed by atoms with Crippen LogP contribution in [0.1, 0.15) is 13.8 Å². The maximum Gasteiger partial charge on any atom is 0.0695 e. The monoisotopic (exact) mass is 112 g/mol. The molecular weight excluding hydrogens is 100 g/mol. The van der Waals surface area contributed by atoms with Crippen LogP contribution in [0.4, 0.5) is 0 Å². The second-order valence-electron chi connectivity index (χ2n) is 1.65. The molecule has 0 rings (SSSR count). The number of hydrogen-bond acceptors (Lipinski definition) is 1. The first-order valence-corrected chi connectivity index (χ1v) is 2.75. The van der Waals surface area contributed by atoms with E-state index >= 15 is 0 Å². The predicted octanol–water partition coefficient (Wildman–Crippen LogP) is 1.50. The highest BCUT2D eigenvalue weighted by atomic mass is 16.3. The molecule has 0 aromatic rings. The van der Waals surface area contributed by atoms with Gasteiger partial charge in [0, 0.05) is 0 Å². The SMILES string of the molecule is C/C=C/C=C\C(C)O. The third-order valence-corrected chi connectivity index (χ3v) is 0.693.